The van der Waals surface area contributed by atoms with Gasteiger partial charge < -0.3 is 5.32 Å². The van der Waals surface area contributed by atoms with Gasteiger partial charge in [-0.2, -0.15) is 0 Å². The molecule has 1 N–H and O–H groups in total. The second-order valence-corrected chi connectivity index (χ2v) is 3.07. The van der Waals surface area contributed by atoms with E-state index in [0.717, 1.165) is 0 Å². The van der Waals surface area contributed by atoms with Crippen LogP contribution in [0.2, 0.25) is 5.02 Å². The average Bonchev–Trinajstić information content (AvgIpc) is 2.03. The molecule has 0 amide bonds. The molecule has 0 spiro atoms. The summed E-state index contributed by atoms with van der Waals surface area (Å²) < 4.78 is 0. The third kappa shape index (κ3) is 3.07. The van der Waals surface area contributed by atoms with E-state index in [2.05, 4.69) is 21.9 Å². The standard InChI is InChI=1S/C7H7Cl2N3/c1-5(8)2-10-7-11-3-6(9)4-12-7/h3-4H,1-2H2,(H,10,11,12). The van der Waals surface area contributed by atoms with Crippen LogP contribution in [-0.4, -0.2) is 16.5 Å². The van der Waals surface area contributed by atoms with E-state index in [-0.39, 0.29) is 0 Å². The zero-order valence-electron chi connectivity index (χ0n) is 6.22. The lowest BCUT2D eigenvalue weighted by molar-refractivity contribution is 1.12. The molecule has 0 saturated carbocycles. The van der Waals surface area contributed by atoms with E-state index in [1.807, 2.05) is 0 Å². The Hall–Kier alpha value is -0.800. The fourth-order valence-electron chi connectivity index (χ4n) is 0.579. The number of hydrogen-bond acceptors (Lipinski definition) is 3. The molecular weight excluding hydrogens is 197 g/mol. The first-order valence-electron chi connectivity index (χ1n) is 3.23. The van der Waals surface area contributed by atoms with Crippen molar-refractivity contribution in [1.29, 1.82) is 0 Å². The van der Waals surface area contributed by atoms with Crippen LogP contribution in [0.15, 0.2) is 24.0 Å². The molecule has 1 heterocycles. The molecule has 1 aromatic rings. The van der Waals surface area contributed by atoms with Gasteiger partial charge in [-0.15, -0.1) is 0 Å². The van der Waals surface area contributed by atoms with Crippen molar-refractivity contribution in [2.24, 2.45) is 0 Å². The molecular formula is C7H7Cl2N3. The third-order valence-electron chi connectivity index (χ3n) is 1.06. The Balaban J connectivity index is 2.53. The van der Waals surface area contributed by atoms with Crippen LogP contribution in [-0.2, 0) is 0 Å². The summed E-state index contributed by atoms with van der Waals surface area (Å²) in [4.78, 5) is 7.79. The van der Waals surface area contributed by atoms with Crippen molar-refractivity contribution >= 4 is 29.2 Å². The SMILES string of the molecule is C=C(Cl)CNc1ncc(Cl)cn1. The van der Waals surface area contributed by atoms with E-state index in [0.29, 0.717) is 22.5 Å². The van der Waals surface area contributed by atoms with Gasteiger partial charge in [-0.3, -0.25) is 0 Å². The lowest BCUT2D eigenvalue weighted by Crippen LogP contribution is -2.04. The van der Waals surface area contributed by atoms with Crippen LogP contribution < -0.4 is 5.32 Å². The highest BCUT2D eigenvalue weighted by molar-refractivity contribution is 6.30. The highest BCUT2D eigenvalue weighted by atomic mass is 35.5. The van der Waals surface area contributed by atoms with Gasteiger partial charge in [0.25, 0.3) is 0 Å². The van der Waals surface area contributed by atoms with Crippen molar-refractivity contribution in [1.82, 2.24) is 9.97 Å². The normalized spacial score (nSPS) is 9.50. The van der Waals surface area contributed by atoms with Crippen molar-refractivity contribution in [2.45, 2.75) is 0 Å². The Kier molecular flexibility index (Phi) is 3.31. The van der Waals surface area contributed by atoms with Crippen molar-refractivity contribution in [2.75, 3.05) is 11.9 Å². The van der Waals surface area contributed by atoms with Crippen molar-refractivity contribution < 1.29 is 0 Å². The summed E-state index contributed by atoms with van der Waals surface area (Å²) in [6.07, 6.45) is 3.02. The van der Waals surface area contributed by atoms with Crippen LogP contribution in [0.4, 0.5) is 5.95 Å². The maximum absolute atomic E-state index is 5.58. The van der Waals surface area contributed by atoms with E-state index in [9.17, 15) is 0 Å². The molecule has 12 heavy (non-hydrogen) atoms. The van der Waals surface area contributed by atoms with E-state index < -0.39 is 0 Å². The Bertz CT molecular complexity index is 270. The highest BCUT2D eigenvalue weighted by Crippen LogP contribution is 2.06. The van der Waals surface area contributed by atoms with Crippen LogP contribution in [0.1, 0.15) is 0 Å². The maximum atomic E-state index is 5.58. The molecule has 0 bridgehead atoms. The largest absolute Gasteiger partial charge is 0.349 e. The molecule has 1 aromatic heterocycles. The van der Waals surface area contributed by atoms with Gasteiger partial charge in [-0.25, -0.2) is 9.97 Å². The first kappa shape index (κ1) is 9.29. The van der Waals surface area contributed by atoms with Gasteiger partial charge in [-0.05, 0) is 0 Å². The Morgan fingerprint density at radius 2 is 2.08 bits per heavy atom. The molecule has 0 aliphatic rings. The predicted molar refractivity (Wildman–Crippen MR) is 50.5 cm³/mol. The highest BCUT2D eigenvalue weighted by Gasteiger charge is 1.94. The van der Waals surface area contributed by atoms with Gasteiger partial charge in [0, 0.05) is 5.03 Å². The predicted octanol–water partition coefficient (Wildman–Crippen LogP) is 2.29. The van der Waals surface area contributed by atoms with Crippen LogP contribution in [0, 0.1) is 0 Å². The number of halogens is 2. The van der Waals surface area contributed by atoms with E-state index >= 15 is 0 Å². The monoisotopic (exact) mass is 203 g/mol. The Morgan fingerprint density at radius 1 is 1.50 bits per heavy atom. The molecule has 5 heteroatoms. The number of nitrogens with zero attached hydrogens (tertiary/aromatic N) is 2. The fraction of sp³-hybridized carbons (Fsp3) is 0.143. The summed E-state index contributed by atoms with van der Waals surface area (Å²) in [5.41, 5.74) is 0. The van der Waals surface area contributed by atoms with Crippen molar-refractivity contribution in [3.8, 4) is 0 Å². The minimum Gasteiger partial charge on any atom is -0.349 e. The van der Waals surface area contributed by atoms with E-state index in [1.165, 1.54) is 12.4 Å². The molecule has 0 atom stereocenters. The molecule has 0 aliphatic carbocycles. The second kappa shape index (κ2) is 4.28. The Morgan fingerprint density at radius 3 is 2.58 bits per heavy atom. The molecule has 0 saturated heterocycles. The topological polar surface area (TPSA) is 37.8 Å². The quantitative estimate of drug-likeness (QED) is 0.820. The maximum Gasteiger partial charge on any atom is 0.222 e. The van der Waals surface area contributed by atoms with Gasteiger partial charge in [-0.1, -0.05) is 29.8 Å². The first-order valence-corrected chi connectivity index (χ1v) is 3.99. The van der Waals surface area contributed by atoms with Gasteiger partial charge in [0.2, 0.25) is 5.95 Å². The third-order valence-corrected chi connectivity index (χ3v) is 1.39. The number of anilines is 1. The van der Waals surface area contributed by atoms with Gasteiger partial charge in [0.05, 0.1) is 24.0 Å². The molecule has 64 valence electrons. The summed E-state index contributed by atoms with van der Waals surface area (Å²) in [5, 5.41) is 3.87. The number of hydrogen-bond donors (Lipinski definition) is 1. The number of aromatic nitrogens is 2. The van der Waals surface area contributed by atoms with Gasteiger partial charge >= 0.3 is 0 Å². The van der Waals surface area contributed by atoms with Crippen LogP contribution in [0.25, 0.3) is 0 Å². The molecule has 3 nitrogen and oxygen atoms in total. The van der Waals surface area contributed by atoms with Crippen molar-refractivity contribution in [3.63, 3.8) is 0 Å². The fourth-order valence-corrected chi connectivity index (χ4v) is 0.743. The zero-order chi connectivity index (χ0) is 8.97. The minimum atomic E-state index is 0.448. The zero-order valence-corrected chi connectivity index (χ0v) is 7.73. The molecule has 0 aliphatic heterocycles. The summed E-state index contributed by atoms with van der Waals surface area (Å²) in [7, 11) is 0. The minimum absolute atomic E-state index is 0.448. The molecule has 0 radical (unpaired) electrons. The second-order valence-electron chi connectivity index (χ2n) is 2.10. The Labute approximate surface area is 80.4 Å². The summed E-state index contributed by atoms with van der Waals surface area (Å²) >= 11 is 11.1. The van der Waals surface area contributed by atoms with Gasteiger partial charge in [0.15, 0.2) is 0 Å². The lowest BCUT2D eigenvalue weighted by atomic mass is 10.6. The first-order chi connectivity index (χ1) is 5.68. The van der Waals surface area contributed by atoms with Gasteiger partial charge in [0.1, 0.15) is 0 Å². The number of rotatable bonds is 3. The van der Waals surface area contributed by atoms with Crippen LogP contribution >= 0.6 is 23.2 Å². The molecule has 0 fully saturated rings. The average molecular weight is 204 g/mol. The smallest absolute Gasteiger partial charge is 0.222 e. The van der Waals surface area contributed by atoms with Crippen LogP contribution in [0.5, 0.6) is 0 Å². The van der Waals surface area contributed by atoms with Crippen LogP contribution in [0.3, 0.4) is 0 Å². The van der Waals surface area contributed by atoms with E-state index in [1.54, 1.807) is 0 Å². The lowest BCUT2D eigenvalue weighted by Gasteiger charge is -2.01. The van der Waals surface area contributed by atoms with Crippen molar-refractivity contribution in [3.05, 3.63) is 29.0 Å². The van der Waals surface area contributed by atoms with E-state index in [4.69, 9.17) is 23.2 Å². The summed E-state index contributed by atoms with van der Waals surface area (Å²) in [5.74, 6) is 0.487. The molecule has 0 unspecified atom stereocenters. The summed E-state index contributed by atoms with van der Waals surface area (Å²) in [6, 6.07) is 0. The number of nitrogens with one attached hydrogen (secondary N) is 1. The molecule has 1 rings (SSSR count). The molecule has 0 aromatic carbocycles. The summed E-state index contributed by atoms with van der Waals surface area (Å²) in [6.45, 7) is 3.96.